The number of pyridine rings is 1. The van der Waals surface area contributed by atoms with Gasteiger partial charge in [0.1, 0.15) is 18.1 Å². The summed E-state index contributed by atoms with van der Waals surface area (Å²) in [5.74, 6) is 2.67. The standard InChI is InChI=1S/C22H19N3O3S/c1-26-20-8-3-2-7-19(20)21-24-25-22(28-21)29-15-16-9-11-18(12-10-16)27-14-17-6-4-5-13-23-17/h2-13H,14-15H2,1H3. The summed E-state index contributed by atoms with van der Waals surface area (Å²) < 4.78 is 16.9. The first-order valence-corrected chi connectivity index (χ1v) is 10.0. The zero-order chi connectivity index (χ0) is 19.9. The minimum absolute atomic E-state index is 0.447. The number of thioether (sulfide) groups is 1. The molecule has 4 rings (SSSR count). The van der Waals surface area contributed by atoms with Crippen molar-refractivity contribution in [2.45, 2.75) is 17.6 Å². The molecule has 0 aliphatic carbocycles. The maximum Gasteiger partial charge on any atom is 0.277 e. The molecule has 0 saturated carbocycles. The van der Waals surface area contributed by atoms with E-state index in [0.717, 1.165) is 22.6 Å². The first-order chi connectivity index (χ1) is 14.3. The van der Waals surface area contributed by atoms with E-state index in [4.69, 9.17) is 13.9 Å². The maximum absolute atomic E-state index is 5.77. The molecule has 0 fully saturated rings. The maximum atomic E-state index is 5.77. The van der Waals surface area contributed by atoms with Gasteiger partial charge >= 0.3 is 0 Å². The third-order valence-corrected chi connectivity index (χ3v) is 5.03. The Labute approximate surface area is 172 Å². The molecule has 0 aliphatic heterocycles. The predicted molar refractivity (Wildman–Crippen MR) is 111 cm³/mol. The second-order valence-electron chi connectivity index (χ2n) is 6.12. The second-order valence-corrected chi connectivity index (χ2v) is 7.04. The minimum atomic E-state index is 0.447. The Kier molecular flexibility index (Phi) is 6.07. The molecule has 2 heterocycles. The van der Waals surface area contributed by atoms with E-state index < -0.39 is 0 Å². The van der Waals surface area contributed by atoms with Gasteiger partial charge in [-0.15, -0.1) is 10.2 Å². The highest BCUT2D eigenvalue weighted by Crippen LogP contribution is 2.31. The Balaban J connectivity index is 1.33. The fraction of sp³-hybridized carbons (Fsp3) is 0.136. The molecule has 0 spiro atoms. The van der Waals surface area contributed by atoms with Gasteiger partial charge in [0.2, 0.25) is 0 Å². The number of para-hydroxylation sites is 1. The average Bonchev–Trinajstić information content (AvgIpc) is 3.26. The van der Waals surface area contributed by atoms with Gasteiger partial charge in [-0.3, -0.25) is 4.98 Å². The molecule has 29 heavy (non-hydrogen) atoms. The van der Waals surface area contributed by atoms with Crippen LogP contribution in [0.15, 0.2) is 82.6 Å². The molecule has 2 aromatic heterocycles. The Morgan fingerprint density at radius 1 is 0.931 bits per heavy atom. The topological polar surface area (TPSA) is 70.3 Å². The smallest absolute Gasteiger partial charge is 0.277 e. The Morgan fingerprint density at radius 3 is 2.55 bits per heavy atom. The quantitative estimate of drug-likeness (QED) is 0.382. The summed E-state index contributed by atoms with van der Waals surface area (Å²) >= 11 is 1.49. The van der Waals surface area contributed by atoms with Gasteiger partial charge in [0.05, 0.1) is 18.4 Å². The van der Waals surface area contributed by atoms with Gasteiger partial charge in [-0.1, -0.05) is 42.1 Å². The minimum Gasteiger partial charge on any atom is -0.496 e. The van der Waals surface area contributed by atoms with E-state index >= 15 is 0 Å². The molecule has 0 atom stereocenters. The van der Waals surface area contributed by atoms with Crippen LogP contribution in [-0.4, -0.2) is 22.3 Å². The summed E-state index contributed by atoms with van der Waals surface area (Å²) in [5, 5.41) is 8.77. The van der Waals surface area contributed by atoms with Crippen molar-refractivity contribution in [3.8, 4) is 23.0 Å². The highest BCUT2D eigenvalue weighted by atomic mass is 32.2. The molecule has 0 N–H and O–H groups in total. The molecule has 2 aromatic carbocycles. The van der Waals surface area contributed by atoms with Gasteiger partial charge in [0.25, 0.3) is 11.1 Å². The molecule has 0 aliphatic rings. The lowest BCUT2D eigenvalue weighted by Crippen LogP contribution is -1.97. The fourth-order valence-electron chi connectivity index (χ4n) is 2.67. The van der Waals surface area contributed by atoms with E-state index in [9.17, 15) is 0 Å². The first-order valence-electron chi connectivity index (χ1n) is 9.03. The second kappa shape index (κ2) is 9.25. The predicted octanol–water partition coefficient (Wildman–Crippen LogP) is 5.01. The number of nitrogens with zero attached hydrogens (tertiary/aromatic N) is 3. The van der Waals surface area contributed by atoms with E-state index in [-0.39, 0.29) is 0 Å². The molecular weight excluding hydrogens is 386 g/mol. The van der Waals surface area contributed by atoms with Gasteiger partial charge in [-0.05, 0) is 42.0 Å². The molecule has 4 aromatic rings. The van der Waals surface area contributed by atoms with Crippen LogP contribution >= 0.6 is 11.8 Å². The van der Waals surface area contributed by atoms with E-state index in [1.807, 2.05) is 66.7 Å². The van der Waals surface area contributed by atoms with Crippen LogP contribution in [0.2, 0.25) is 0 Å². The summed E-state index contributed by atoms with van der Waals surface area (Å²) in [4.78, 5) is 4.25. The summed E-state index contributed by atoms with van der Waals surface area (Å²) in [7, 11) is 1.62. The zero-order valence-corrected chi connectivity index (χ0v) is 16.6. The number of aromatic nitrogens is 3. The van der Waals surface area contributed by atoms with Crippen molar-refractivity contribution in [3.05, 3.63) is 84.2 Å². The number of methoxy groups -OCH3 is 1. The first kappa shape index (κ1) is 19.0. The SMILES string of the molecule is COc1ccccc1-c1nnc(SCc2ccc(OCc3ccccn3)cc2)o1. The highest BCUT2D eigenvalue weighted by molar-refractivity contribution is 7.98. The summed E-state index contributed by atoms with van der Waals surface area (Å²) in [6.45, 7) is 0.447. The molecule has 0 saturated heterocycles. The van der Waals surface area contributed by atoms with Gasteiger partial charge in [0.15, 0.2) is 0 Å². The van der Waals surface area contributed by atoms with Crippen molar-refractivity contribution in [1.29, 1.82) is 0 Å². The summed E-state index contributed by atoms with van der Waals surface area (Å²) in [5.41, 5.74) is 2.82. The summed E-state index contributed by atoms with van der Waals surface area (Å²) in [6.07, 6.45) is 1.76. The van der Waals surface area contributed by atoms with Gasteiger partial charge < -0.3 is 13.9 Å². The van der Waals surface area contributed by atoms with Crippen molar-refractivity contribution in [1.82, 2.24) is 15.2 Å². The van der Waals surface area contributed by atoms with E-state index in [0.29, 0.717) is 29.2 Å². The molecule has 0 bridgehead atoms. The van der Waals surface area contributed by atoms with Crippen molar-refractivity contribution in [3.63, 3.8) is 0 Å². The van der Waals surface area contributed by atoms with Crippen LogP contribution in [0.1, 0.15) is 11.3 Å². The van der Waals surface area contributed by atoms with Crippen LogP contribution in [-0.2, 0) is 12.4 Å². The third kappa shape index (κ3) is 4.94. The Bertz CT molecular complexity index is 1050. The van der Waals surface area contributed by atoms with Crippen molar-refractivity contribution in [2.75, 3.05) is 7.11 Å². The van der Waals surface area contributed by atoms with Crippen LogP contribution in [0, 0.1) is 0 Å². The van der Waals surface area contributed by atoms with Crippen LogP contribution in [0.3, 0.4) is 0 Å². The normalized spacial score (nSPS) is 10.7. The molecule has 0 amide bonds. The van der Waals surface area contributed by atoms with Crippen LogP contribution in [0.4, 0.5) is 0 Å². The lowest BCUT2D eigenvalue weighted by atomic mass is 10.2. The molecule has 7 heteroatoms. The zero-order valence-electron chi connectivity index (χ0n) is 15.8. The van der Waals surface area contributed by atoms with Gasteiger partial charge in [0, 0.05) is 11.9 Å². The average molecular weight is 405 g/mol. The molecule has 0 unspecified atom stereocenters. The monoisotopic (exact) mass is 405 g/mol. The van der Waals surface area contributed by atoms with E-state index in [2.05, 4.69) is 15.2 Å². The lowest BCUT2D eigenvalue weighted by Gasteiger charge is -2.06. The van der Waals surface area contributed by atoms with Crippen LogP contribution in [0.25, 0.3) is 11.5 Å². The van der Waals surface area contributed by atoms with Crippen molar-refractivity contribution < 1.29 is 13.9 Å². The molecular formula is C22H19N3O3S. The molecule has 0 radical (unpaired) electrons. The Morgan fingerprint density at radius 2 is 1.76 bits per heavy atom. The number of rotatable bonds is 8. The third-order valence-electron chi connectivity index (χ3n) is 4.14. The van der Waals surface area contributed by atoms with Gasteiger partial charge in [-0.25, -0.2) is 0 Å². The Hall–Kier alpha value is -3.32. The van der Waals surface area contributed by atoms with Crippen LogP contribution in [0.5, 0.6) is 11.5 Å². The fourth-order valence-corrected chi connectivity index (χ4v) is 3.39. The highest BCUT2D eigenvalue weighted by Gasteiger charge is 2.13. The lowest BCUT2D eigenvalue weighted by molar-refractivity contribution is 0.301. The van der Waals surface area contributed by atoms with Crippen LogP contribution < -0.4 is 9.47 Å². The van der Waals surface area contributed by atoms with Gasteiger partial charge in [-0.2, -0.15) is 0 Å². The molecule has 146 valence electrons. The largest absolute Gasteiger partial charge is 0.496 e. The van der Waals surface area contributed by atoms with E-state index in [1.54, 1.807) is 13.3 Å². The van der Waals surface area contributed by atoms with Crippen molar-refractivity contribution in [2.24, 2.45) is 0 Å². The van der Waals surface area contributed by atoms with Crippen molar-refractivity contribution >= 4 is 11.8 Å². The number of ether oxygens (including phenoxy) is 2. The number of benzene rings is 2. The van der Waals surface area contributed by atoms with E-state index in [1.165, 1.54) is 11.8 Å². The number of hydrogen-bond acceptors (Lipinski definition) is 7. The number of hydrogen-bond donors (Lipinski definition) is 0. The summed E-state index contributed by atoms with van der Waals surface area (Å²) in [6, 6.07) is 21.3. The molecule has 6 nitrogen and oxygen atoms in total.